The van der Waals surface area contributed by atoms with Crippen molar-refractivity contribution in [3.8, 4) is 0 Å². The van der Waals surface area contributed by atoms with Crippen molar-refractivity contribution >= 4 is 5.82 Å². The lowest BCUT2D eigenvalue weighted by Crippen LogP contribution is -2.24. The largest absolute Gasteiger partial charge is 0.363 e. The Kier molecular flexibility index (Phi) is 3.74. The van der Waals surface area contributed by atoms with Crippen LogP contribution >= 0.6 is 0 Å². The van der Waals surface area contributed by atoms with Crippen LogP contribution in [0.25, 0.3) is 0 Å². The lowest BCUT2D eigenvalue weighted by molar-refractivity contribution is 0.587. The minimum absolute atomic E-state index is 0.500. The molecule has 86 valence electrons. The van der Waals surface area contributed by atoms with Crippen LogP contribution in [0.5, 0.6) is 0 Å². The van der Waals surface area contributed by atoms with E-state index in [0.29, 0.717) is 6.04 Å². The Hall–Kier alpha value is -1.03. The molecule has 1 N–H and O–H groups in total. The molecular weight excluding hydrogens is 188 g/mol. The molecule has 0 aliphatic rings. The summed E-state index contributed by atoms with van der Waals surface area (Å²) >= 11 is 0. The van der Waals surface area contributed by atoms with Crippen LogP contribution in [0.15, 0.2) is 0 Å². The van der Waals surface area contributed by atoms with Gasteiger partial charge in [0.15, 0.2) is 0 Å². The third-order valence-electron chi connectivity index (χ3n) is 2.42. The number of aryl methyl sites for hydroxylation is 2. The zero-order valence-electron chi connectivity index (χ0n) is 10.6. The van der Waals surface area contributed by atoms with E-state index in [9.17, 15) is 0 Å². The van der Waals surface area contributed by atoms with Crippen LogP contribution in [-0.2, 0) is 13.6 Å². The second-order valence-electron chi connectivity index (χ2n) is 4.44. The quantitative estimate of drug-likeness (QED) is 0.813. The minimum atomic E-state index is 0.500. The average molecular weight is 210 g/mol. The van der Waals surface area contributed by atoms with E-state index in [2.05, 4.69) is 50.2 Å². The molecule has 1 aromatic rings. The SMILES string of the molecule is Cc1nn(C)c(N(C)C)c1CNC(C)C. The van der Waals surface area contributed by atoms with Gasteiger partial charge >= 0.3 is 0 Å². The number of hydrogen-bond acceptors (Lipinski definition) is 3. The Labute approximate surface area is 92.3 Å². The van der Waals surface area contributed by atoms with Gasteiger partial charge in [0.05, 0.1) is 5.69 Å². The summed E-state index contributed by atoms with van der Waals surface area (Å²) in [7, 11) is 6.09. The van der Waals surface area contributed by atoms with Gasteiger partial charge in [-0.25, -0.2) is 0 Å². The van der Waals surface area contributed by atoms with Crippen LogP contribution in [0.2, 0.25) is 0 Å². The van der Waals surface area contributed by atoms with Crippen molar-refractivity contribution in [2.45, 2.75) is 33.4 Å². The third kappa shape index (κ3) is 2.72. The summed E-state index contributed by atoms with van der Waals surface area (Å²) in [5.74, 6) is 1.18. The van der Waals surface area contributed by atoms with E-state index in [1.54, 1.807) is 0 Å². The van der Waals surface area contributed by atoms with Crippen LogP contribution in [0, 0.1) is 6.92 Å². The highest BCUT2D eigenvalue weighted by molar-refractivity contribution is 5.48. The number of nitrogens with one attached hydrogen (secondary N) is 1. The molecule has 4 heteroatoms. The molecule has 0 unspecified atom stereocenters. The molecule has 1 heterocycles. The maximum atomic E-state index is 4.45. The van der Waals surface area contributed by atoms with Crippen molar-refractivity contribution in [2.24, 2.45) is 7.05 Å². The zero-order valence-corrected chi connectivity index (χ0v) is 10.6. The van der Waals surface area contributed by atoms with Gasteiger partial charge in [0.2, 0.25) is 0 Å². The van der Waals surface area contributed by atoms with Crippen molar-refractivity contribution in [2.75, 3.05) is 19.0 Å². The molecule has 0 spiro atoms. The van der Waals surface area contributed by atoms with E-state index in [4.69, 9.17) is 0 Å². The van der Waals surface area contributed by atoms with Gasteiger partial charge in [-0.1, -0.05) is 13.8 Å². The summed E-state index contributed by atoms with van der Waals surface area (Å²) in [6, 6.07) is 0.500. The lowest BCUT2D eigenvalue weighted by Gasteiger charge is -2.16. The van der Waals surface area contributed by atoms with Gasteiger partial charge in [-0.3, -0.25) is 4.68 Å². The monoisotopic (exact) mass is 210 g/mol. The standard InChI is InChI=1S/C11H22N4/c1-8(2)12-7-10-9(3)13-15(6)11(10)14(4)5/h8,12H,7H2,1-6H3. The fourth-order valence-corrected chi connectivity index (χ4v) is 1.76. The summed E-state index contributed by atoms with van der Waals surface area (Å²) in [6.07, 6.45) is 0. The summed E-state index contributed by atoms with van der Waals surface area (Å²) in [6.45, 7) is 7.25. The first kappa shape index (κ1) is 12.0. The van der Waals surface area contributed by atoms with Gasteiger partial charge in [-0.2, -0.15) is 5.10 Å². The van der Waals surface area contributed by atoms with Crippen LogP contribution in [0.1, 0.15) is 25.1 Å². The molecule has 0 aromatic carbocycles. The Bertz CT molecular complexity index is 326. The highest BCUT2D eigenvalue weighted by atomic mass is 15.4. The molecule has 0 amide bonds. The van der Waals surface area contributed by atoms with Crippen LogP contribution in [-0.4, -0.2) is 29.9 Å². The van der Waals surface area contributed by atoms with Gasteiger partial charge in [-0.05, 0) is 6.92 Å². The van der Waals surface area contributed by atoms with Crippen LogP contribution < -0.4 is 10.2 Å². The number of aromatic nitrogens is 2. The van der Waals surface area contributed by atoms with E-state index in [-0.39, 0.29) is 0 Å². The summed E-state index contributed by atoms with van der Waals surface area (Å²) in [5.41, 5.74) is 2.39. The molecule has 1 aromatic heterocycles. The van der Waals surface area contributed by atoms with Gasteiger partial charge in [0.25, 0.3) is 0 Å². The topological polar surface area (TPSA) is 33.1 Å². The van der Waals surface area contributed by atoms with Crippen LogP contribution in [0.4, 0.5) is 5.82 Å². The van der Waals surface area contributed by atoms with Gasteiger partial charge in [0, 0.05) is 39.3 Å². The van der Waals surface area contributed by atoms with Crippen molar-refractivity contribution < 1.29 is 0 Å². The molecule has 0 aliphatic carbocycles. The van der Waals surface area contributed by atoms with E-state index in [0.717, 1.165) is 12.2 Å². The lowest BCUT2D eigenvalue weighted by atomic mass is 10.2. The third-order valence-corrected chi connectivity index (χ3v) is 2.42. The van der Waals surface area contributed by atoms with Crippen molar-refractivity contribution in [1.82, 2.24) is 15.1 Å². The van der Waals surface area contributed by atoms with Gasteiger partial charge in [0.1, 0.15) is 5.82 Å². The molecule has 0 aliphatic heterocycles. The first-order valence-corrected chi connectivity index (χ1v) is 5.36. The van der Waals surface area contributed by atoms with Crippen LogP contribution in [0.3, 0.4) is 0 Å². The molecule has 0 bridgehead atoms. The predicted molar refractivity (Wildman–Crippen MR) is 64.2 cm³/mol. The van der Waals surface area contributed by atoms with E-state index >= 15 is 0 Å². The smallest absolute Gasteiger partial charge is 0.130 e. The number of nitrogens with zero attached hydrogens (tertiary/aromatic N) is 3. The Morgan fingerprint density at radius 1 is 1.40 bits per heavy atom. The molecule has 15 heavy (non-hydrogen) atoms. The van der Waals surface area contributed by atoms with Crippen molar-refractivity contribution in [1.29, 1.82) is 0 Å². The highest BCUT2D eigenvalue weighted by Crippen LogP contribution is 2.20. The fourth-order valence-electron chi connectivity index (χ4n) is 1.76. The summed E-state index contributed by atoms with van der Waals surface area (Å²) in [5, 5.41) is 7.88. The Morgan fingerprint density at radius 2 is 2.00 bits per heavy atom. The summed E-state index contributed by atoms with van der Waals surface area (Å²) < 4.78 is 1.94. The molecule has 0 atom stereocenters. The molecule has 1 rings (SSSR count). The molecule has 0 fully saturated rings. The second kappa shape index (κ2) is 4.66. The normalized spacial score (nSPS) is 11.1. The first-order chi connectivity index (χ1) is 6.93. The second-order valence-corrected chi connectivity index (χ2v) is 4.44. The maximum absolute atomic E-state index is 4.45. The van der Waals surface area contributed by atoms with E-state index < -0.39 is 0 Å². The fraction of sp³-hybridized carbons (Fsp3) is 0.727. The molecule has 4 nitrogen and oxygen atoms in total. The molecular formula is C11H22N4. The minimum Gasteiger partial charge on any atom is -0.363 e. The average Bonchev–Trinajstić information content (AvgIpc) is 2.37. The number of rotatable bonds is 4. The molecule has 0 saturated carbocycles. The highest BCUT2D eigenvalue weighted by Gasteiger charge is 2.14. The molecule has 0 saturated heterocycles. The van der Waals surface area contributed by atoms with Crippen molar-refractivity contribution in [3.05, 3.63) is 11.3 Å². The Balaban J connectivity index is 2.94. The first-order valence-electron chi connectivity index (χ1n) is 5.36. The summed E-state index contributed by atoms with van der Waals surface area (Å²) in [4.78, 5) is 2.11. The van der Waals surface area contributed by atoms with Crippen molar-refractivity contribution in [3.63, 3.8) is 0 Å². The van der Waals surface area contributed by atoms with E-state index in [1.165, 1.54) is 11.4 Å². The maximum Gasteiger partial charge on any atom is 0.130 e. The number of hydrogen-bond donors (Lipinski definition) is 1. The predicted octanol–water partition coefficient (Wildman–Crippen LogP) is 1.29. The van der Waals surface area contributed by atoms with Gasteiger partial charge < -0.3 is 10.2 Å². The van der Waals surface area contributed by atoms with E-state index in [1.807, 2.05) is 11.7 Å². The Morgan fingerprint density at radius 3 is 2.47 bits per heavy atom. The number of anilines is 1. The zero-order chi connectivity index (χ0) is 11.6. The van der Waals surface area contributed by atoms with Gasteiger partial charge in [-0.15, -0.1) is 0 Å². The molecule has 0 radical (unpaired) electrons.